The Bertz CT molecular complexity index is 583. The van der Waals surface area contributed by atoms with Crippen LogP contribution in [0.4, 0.5) is 11.4 Å². The van der Waals surface area contributed by atoms with Crippen molar-refractivity contribution in [2.75, 3.05) is 5.32 Å². The number of nitrogens with one attached hydrogen (secondary N) is 1. The highest BCUT2D eigenvalue weighted by atomic mass is 127. The van der Waals surface area contributed by atoms with E-state index >= 15 is 0 Å². The van der Waals surface area contributed by atoms with Crippen LogP contribution in [0.5, 0.6) is 0 Å². The van der Waals surface area contributed by atoms with E-state index in [2.05, 4.69) is 61.6 Å². The van der Waals surface area contributed by atoms with Gasteiger partial charge in [0.2, 0.25) is 0 Å². The molecule has 1 aliphatic rings. The van der Waals surface area contributed by atoms with E-state index in [1.165, 1.54) is 33.2 Å². The summed E-state index contributed by atoms with van der Waals surface area (Å²) in [7, 11) is 0. The largest absolute Gasteiger partial charge is 0.353 e. The molecule has 1 heterocycles. The first-order chi connectivity index (χ1) is 8.79. The maximum atomic E-state index is 3.60. The number of fused-ring (bicyclic) bond motifs is 2. The summed E-state index contributed by atoms with van der Waals surface area (Å²) in [5, 5.41) is 3.60. The average Bonchev–Trinajstić information content (AvgIpc) is 2.43. The monoisotopic (exact) mass is 383 g/mol. The second-order valence-corrected chi connectivity index (χ2v) is 5.84. The Labute approximate surface area is 136 Å². The van der Waals surface area contributed by atoms with Crippen LogP contribution in [0.3, 0.4) is 0 Å². The number of hydrogen-bond donors (Lipinski definition) is 1. The van der Waals surface area contributed by atoms with E-state index in [1.54, 1.807) is 0 Å². The average molecular weight is 383 g/mol. The van der Waals surface area contributed by atoms with Gasteiger partial charge < -0.3 is 5.32 Å². The van der Waals surface area contributed by atoms with Crippen LogP contribution >= 0.6 is 35.7 Å². The molecule has 3 heteroatoms. The predicted octanol–water partition coefficient (Wildman–Crippen LogP) is 6.03. The van der Waals surface area contributed by atoms with Crippen LogP contribution < -0.4 is 5.32 Å². The van der Waals surface area contributed by atoms with Gasteiger partial charge in [-0.1, -0.05) is 49.9 Å². The van der Waals surface area contributed by atoms with Crippen LogP contribution in [0.25, 0.3) is 0 Å². The van der Waals surface area contributed by atoms with E-state index in [0.29, 0.717) is 5.92 Å². The van der Waals surface area contributed by atoms with E-state index < -0.39 is 0 Å². The van der Waals surface area contributed by atoms with Gasteiger partial charge in [0, 0.05) is 9.79 Å². The summed E-state index contributed by atoms with van der Waals surface area (Å²) in [5.41, 5.74) is 3.96. The molecule has 0 aromatic heterocycles. The zero-order valence-corrected chi connectivity index (χ0v) is 14.3. The molecule has 0 aliphatic carbocycles. The van der Waals surface area contributed by atoms with Crippen molar-refractivity contribution in [1.82, 2.24) is 0 Å². The van der Waals surface area contributed by atoms with Crippen molar-refractivity contribution in [3.63, 3.8) is 0 Å². The second-order valence-electron chi connectivity index (χ2n) is 4.75. The first-order valence-corrected chi connectivity index (χ1v) is 7.28. The number of hydrogen-bond acceptors (Lipinski definition) is 2. The highest BCUT2D eigenvalue weighted by molar-refractivity contribution is 14.0. The van der Waals surface area contributed by atoms with Crippen molar-refractivity contribution in [3.8, 4) is 0 Å². The summed E-state index contributed by atoms with van der Waals surface area (Å²) in [4.78, 5) is 2.65. The van der Waals surface area contributed by atoms with Gasteiger partial charge in [0.25, 0.3) is 0 Å². The third-order valence-electron chi connectivity index (χ3n) is 3.57. The van der Waals surface area contributed by atoms with Gasteiger partial charge in [-0.25, -0.2) is 0 Å². The van der Waals surface area contributed by atoms with Crippen LogP contribution in [-0.2, 0) is 0 Å². The Morgan fingerprint density at radius 1 is 1.05 bits per heavy atom. The summed E-state index contributed by atoms with van der Waals surface area (Å²) < 4.78 is 0. The van der Waals surface area contributed by atoms with Crippen molar-refractivity contribution in [2.24, 2.45) is 0 Å². The standard InChI is InChI=1S/C16H17NS.HI/c1-3-11(2)12-7-6-10-15-16(12)17-13-8-4-5-9-14(13)18-15;/h4-11,17H,3H2,1-2H3;1H. The Morgan fingerprint density at radius 2 is 1.79 bits per heavy atom. The lowest BCUT2D eigenvalue weighted by Crippen LogP contribution is -2.05. The van der Waals surface area contributed by atoms with Gasteiger partial charge in [0.1, 0.15) is 0 Å². The van der Waals surface area contributed by atoms with Gasteiger partial charge >= 0.3 is 0 Å². The Morgan fingerprint density at radius 3 is 2.58 bits per heavy atom. The van der Waals surface area contributed by atoms with Crippen molar-refractivity contribution in [3.05, 3.63) is 48.0 Å². The normalized spacial score (nSPS) is 13.6. The molecule has 0 saturated heterocycles. The van der Waals surface area contributed by atoms with Crippen molar-refractivity contribution in [2.45, 2.75) is 36.0 Å². The molecular formula is C16H18INS. The fraction of sp³-hybridized carbons (Fsp3) is 0.250. The van der Waals surface area contributed by atoms with Gasteiger partial charge in [-0.3, -0.25) is 0 Å². The molecule has 0 bridgehead atoms. The minimum atomic E-state index is 0. The van der Waals surface area contributed by atoms with Crippen molar-refractivity contribution >= 4 is 47.1 Å². The molecule has 3 rings (SSSR count). The second kappa shape index (κ2) is 6.18. The third-order valence-corrected chi connectivity index (χ3v) is 4.70. The maximum Gasteiger partial charge on any atom is 0.0561 e. The highest BCUT2D eigenvalue weighted by Gasteiger charge is 2.19. The molecule has 1 aliphatic heterocycles. The van der Waals surface area contributed by atoms with E-state index in [0.717, 1.165) is 0 Å². The Hall–Kier alpha value is -0.680. The smallest absolute Gasteiger partial charge is 0.0561 e. The SMILES string of the molecule is CCC(C)c1cccc2c1Nc1ccccc1S2.I. The van der Waals surface area contributed by atoms with Crippen LogP contribution in [-0.4, -0.2) is 0 Å². The van der Waals surface area contributed by atoms with Gasteiger partial charge in [-0.15, -0.1) is 24.0 Å². The molecule has 1 atom stereocenters. The number of rotatable bonds is 2. The van der Waals surface area contributed by atoms with Gasteiger partial charge in [0.05, 0.1) is 11.4 Å². The van der Waals surface area contributed by atoms with Crippen molar-refractivity contribution < 1.29 is 0 Å². The molecular weight excluding hydrogens is 365 g/mol. The fourth-order valence-corrected chi connectivity index (χ4v) is 3.34. The molecule has 1 N–H and O–H groups in total. The summed E-state index contributed by atoms with van der Waals surface area (Å²) in [6.07, 6.45) is 1.17. The summed E-state index contributed by atoms with van der Waals surface area (Å²) >= 11 is 1.86. The molecule has 100 valence electrons. The maximum absolute atomic E-state index is 3.60. The van der Waals surface area contributed by atoms with E-state index in [9.17, 15) is 0 Å². The minimum absolute atomic E-state index is 0. The Balaban J connectivity index is 0.00000133. The summed E-state index contributed by atoms with van der Waals surface area (Å²) in [6.45, 7) is 4.54. The fourth-order valence-electron chi connectivity index (χ4n) is 2.31. The lowest BCUT2D eigenvalue weighted by molar-refractivity contribution is 0.733. The molecule has 0 radical (unpaired) electrons. The molecule has 2 aromatic carbocycles. The van der Waals surface area contributed by atoms with Crippen LogP contribution in [0.2, 0.25) is 0 Å². The molecule has 0 fully saturated rings. The summed E-state index contributed by atoms with van der Waals surface area (Å²) in [5.74, 6) is 0.596. The van der Waals surface area contributed by atoms with E-state index in [-0.39, 0.29) is 24.0 Å². The number of halogens is 1. The highest BCUT2D eigenvalue weighted by Crippen LogP contribution is 2.46. The zero-order chi connectivity index (χ0) is 12.5. The first-order valence-electron chi connectivity index (χ1n) is 6.46. The van der Waals surface area contributed by atoms with Crippen molar-refractivity contribution in [1.29, 1.82) is 0 Å². The van der Waals surface area contributed by atoms with Gasteiger partial charge in [0.15, 0.2) is 0 Å². The lowest BCUT2D eigenvalue weighted by Gasteiger charge is -2.25. The van der Waals surface area contributed by atoms with Crippen LogP contribution in [0, 0.1) is 0 Å². The minimum Gasteiger partial charge on any atom is -0.353 e. The first kappa shape index (κ1) is 14.7. The quantitative estimate of drug-likeness (QED) is 0.543. The molecule has 1 unspecified atom stereocenters. The zero-order valence-electron chi connectivity index (χ0n) is 11.1. The lowest BCUT2D eigenvalue weighted by atomic mass is 9.96. The summed E-state index contributed by atoms with van der Waals surface area (Å²) in [6, 6.07) is 15.1. The number of anilines is 2. The van der Waals surface area contributed by atoms with E-state index in [1.807, 2.05) is 11.8 Å². The molecule has 0 saturated carbocycles. The molecule has 19 heavy (non-hydrogen) atoms. The number of benzene rings is 2. The van der Waals surface area contributed by atoms with E-state index in [4.69, 9.17) is 0 Å². The van der Waals surface area contributed by atoms with Gasteiger partial charge in [-0.2, -0.15) is 0 Å². The molecule has 2 aromatic rings. The predicted molar refractivity (Wildman–Crippen MR) is 94.4 cm³/mol. The number of para-hydroxylation sites is 2. The Kier molecular flexibility index (Phi) is 4.79. The molecule has 1 nitrogen and oxygen atoms in total. The molecule has 0 amide bonds. The third kappa shape index (κ3) is 2.77. The van der Waals surface area contributed by atoms with Gasteiger partial charge in [-0.05, 0) is 36.1 Å². The topological polar surface area (TPSA) is 12.0 Å². The van der Waals surface area contributed by atoms with Crippen LogP contribution in [0.1, 0.15) is 31.7 Å². The van der Waals surface area contributed by atoms with Crippen LogP contribution in [0.15, 0.2) is 52.3 Å². The molecule has 0 spiro atoms.